The first-order valence-electron chi connectivity index (χ1n) is 10.2. The van der Waals surface area contributed by atoms with Crippen molar-refractivity contribution in [2.75, 3.05) is 11.9 Å². The average molecular weight is 493 g/mol. The summed E-state index contributed by atoms with van der Waals surface area (Å²) in [6.07, 6.45) is -4.50. The van der Waals surface area contributed by atoms with Gasteiger partial charge >= 0.3 is 18.8 Å². The number of anilines is 1. The van der Waals surface area contributed by atoms with Crippen molar-refractivity contribution in [1.82, 2.24) is 5.01 Å². The van der Waals surface area contributed by atoms with Crippen molar-refractivity contribution in [3.05, 3.63) is 95.3 Å². The molecule has 0 saturated heterocycles. The summed E-state index contributed by atoms with van der Waals surface area (Å²) in [7, 11) is 0. The lowest BCUT2D eigenvalue weighted by Gasteiger charge is -2.16. The van der Waals surface area contributed by atoms with Gasteiger partial charge in [0.1, 0.15) is 11.6 Å². The molecule has 35 heavy (non-hydrogen) atoms. The van der Waals surface area contributed by atoms with E-state index in [-0.39, 0.29) is 18.0 Å². The van der Waals surface area contributed by atoms with Crippen molar-refractivity contribution in [3.8, 4) is 5.75 Å². The molecular formula is C24H17F6N3O2. The Kier molecular flexibility index (Phi) is 6.68. The van der Waals surface area contributed by atoms with Gasteiger partial charge in [0.25, 0.3) is 0 Å². The smallest absolute Gasteiger partial charge is 0.416 e. The molecule has 3 aromatic rings. The Hall–Kier alpha value is -4.02. The first kappa shape index (κ1) is 24.1. The molecule has 1 N–H and O–H groups in total. The van der Waals surface area contributed by atoms with Gasteiger partial charge in [-0.1, -0.05) is 12.1 Å². The molecule has 3 aromatic carbocycles. The maximum atomic E-state index is 13.4. The normalized spacial score (nSPS) is 15.8. The van der Waals surface area contributed by atoms with Crippen LogP contribution in [-0.2, 0) is 6.18 Å². The highest BCUT2D eigenvalue weighted by Crippen LogP contribution is 2.32. The molecule has 182 valence electrons. The Labute approximate surface area is 195 Å². The number of alkyl halides is 5. The predicted molar refractivity (Wildman–Crippen MR) is 116 cm³/mol. The van der Waals surface area contributed by atoms with Crippen LogP contribution in [0.25, 0.3) is 0 Å². The van der Waals surface area contributed by atoms with Crippen molar-refractivity contribution in [2.24, 2.45) is 5.10 Å². The summed E-state index contributed by atoms with van der Waals surface area (Å²) in [5.74, 6) is -0.982. The second-order valence-electron chi connectivity index (χ2n) is 7.58. The molecule has 0 saturated carbocycles. The summed E-state index contributed by atoms with van der Waals surface area (Å²) in [5.41, 5.74) is 0.877. The van der Waals surface area contributed by atoms with Crippen LogP contribution in [-0.4, -0.2) is 29.9 Å². The maximum absolute atomic E-state index is 13.4. The van der Waals surface area contributed by atoms with E-state index in [1.807, 2.05) is 0 Å². The number of nitrogens with one attached hydrogen (secondary N) is 1. The molecule has 0 bridgehead atoms. The van der Waals surface area contributed by atoms with E-state index < -0.39 is 36.1 Å². The van der Waals surface area contributed by atoms with Crippen molar-refractivity contribution in [3.63, 3.8) is 0 Å². The molecule has 1 aliphatic heterocycles. The third-order valence-corrected chi connectivity index (χ3v) is 5.26. The fourth-order valence-electron chi connectivity index (χ4n) is 3.58. The number of carbonyl (C=O) groups is 1. The van der Waals surface area contributed by atoms with Crippen LogP contribution in [0.4, 0.5) is 36.8 Å². The molecule has 0 radical (unpaired) electrons. The lowest BCUT2D eigenvalue weighted by Crippen LogP contribution is -2.30. The Morgan fingerprint density at radius 1 is 0.971 bits per heavy atom. The molecule has 2 amide bonds. The van der Waals surface area contributed by atoms with E-state index in [4.69, 9.17) is 0 Å². The van der Waals surface area contributed by atoms with Crippen LogP contribution in [0.3, 0.4) is 0 Å². The summed E-state index contributed by atoms with van der Waals surface area (Å²) in [5, 5.41) is 7.95. The number of ether oxygens (including phenoxy) is 1. The van der Waals surface area contributed by atoms with E-state index in [1.165, 1.54) is 36.4 Å². The fraction of sp³-hybridized carbons (Fsp3) is 0.167. The number of hydrogen-bond donors (Lipinski definition) is 1. The van der Waals surface area contributed by atoms with Gasteiger partial charge in [-0.3, -0.25) is 0 Å². The third-order valence-electron chi connectivity index (χ3n) is 5.26. The molecule has 1 aliphatic rings. The van der Waals surface area contributed by atoms with E-state index in [2.05, 4.69) is 15.2 Å². The number of hydrazone groups is 1. The highest BCUT2D eigenvalue weighted by atomic mass is 19.4. The zero-order valence-corrected chi connectivity index (χ0v) is 17.8. The van der Waals surface area contributed by atoms with Gasteiger partial charge in [0.05, 0.1) is 17.8 Å². The van der Waals surface area contributed by atoms with E-state index in [0.29, 0.717) is 16.8 Å². The van der Waals surface area contributed by atoms with Gasteiger partial charge in [0.2, 0.25) is 0 Å². The van der Waals surface area contributed by atoms with Crippen LogP contribution in [0.2, 0.25) is 0 Å². The Morgan fingerprint density at radius 3 is 2.17 bits per heavy atom. The van der Waals surface area contributed by atoms with Crippen LogP contribution in [0.15, 0.2) is 77.9 Å². The third kappa shape index (κ3) is 5.73. The van der Waals surface area contributed by atoms with E-state index in [9.17, 15) is 31.1 Å². The summed E-state index contributed by atoms with van der Waals surface area (Å²) >= 11 is 0. The Morgan fingerprint density at radius 2 is 1.60 bits per heavy atom. The zero-order chi connectivity index (χ0) is 25.2. The zero-order valence-electron chi connectivity index (χ0n) is 17.8. The predicted octanol–water partition coefficient (Wildman–Crippen LogP) is 6.48. The Balaban J connectivity index is 1.58. The maximum Gasteiger partial charge on any atom is 0.416 e. The number of benzene rings is 3. The molecule has 0 fully saturated rings. The lowest BCUT2D eigenvalue weighted by atomic mass is 9.90. The van der Waals surface area contributed by atoms with Gasteiger partial charge in [0.15, 0.2) is 0 Å². The molecule has 0 spiro atoms. The highest BCUT2D eigenvalue weighted by Gasteiger charge is 2.33. The Bertz CT molecular complexity index is 1210. The summed E-state index contributed by atoms with van der Waals surface area (Å²) in [6, 6.07) is 14.5. The topological polar surface area (TPSA) is 53.9 Å². The van der Waals surface area contributed by atoms with Crippen molar-refractivity contribution >= 4 is 17.4 Å². The van der Waals surface area contributed by atoms with Gasteiger partial charge in [-0.05, 0) is 71.8 Å². The first-order chi connectivity index (χ1) is 16.6. The second kappa shape index (κ2) is 9.69. The number of hydrogen-bond acceptors (Lipinski definition) is 3. The number of amides is 2. The summed E-state index contributed by atoms with van der Waals surface area (Å²) in [4.78, 5) is 12.8. The quantitative estimate of drug-likeness (QED) is 0.414. The molecule has 0 aliphatic carbocycles. The minimum absolute atomic E-state index is 0.0578. The first-order valence-corrected chi connectivity index (χ1v) is 10.2. The van der Waals surface area contributed by atoms with Crippen molar-refractivity contribution in [2.45, 2.75) is 18.7 Å². The van der Waals surface area contributed by atoms with Gasteiger partial charge < -0.3 is 10.1 Å². The van der Waals surface area contributed by atoms with Crippen molar-refractivity contribution in [1.29, 1.82) is 0 Å². The number of urea groups is 1. The average Bonchev–Trinajstić information content (AvgIpc) is 3.25. The SMILES string of the molecule is O=C(Nc1ccc(C(F)(F)F)cc1)N1CC(c2ccc(F)cc2)C(c2ccc(OC(F)F)cc2)=N1. The van der Waals surface area contributed by atoms with Gasteiger partial charge in [0, 0.05) is 11.6 Å². The van der Waals surface area contributed by atoms with Crippen LogP contribution < -0.4 is 10.1 Å². The minimum Gasteiger partial charge on any atom is -0.435 e. The molecule has 4 rings (SSSR count). The largest absolute Gasteiger partial charge is 0.435 e. The molecule has 11 heteroatoms. The highest BCUT2D eigenvalue weighted by molar-refractivity contribution is 6.07. The van der Waals surface area contributed by atoms with Gasteiger partial charge in [-0.2, -0.15) is 27.1 Å². The summed E-state index contributed by atoms with van der Waals surface area (Å²) in [6.45, 7) is -2.93. The standard InChI is InChI=1S/C24H17F6N3O2/c25-17-7-1-14(2-8-17)20-13-33(23(34)31-18-9-5-16(6-10-18)24(28,29)30)32-21(20)15-3-11-19(12-4-15)35-22(26)27/h1-12,20,22H,13H2,(H,31,34). The van der Waals surface area contributed by atoms with E-state index in [1.54, 1.807) is 12.1 Å². The molecule has 1 heterocycles. The molecule has 1 unspecified atom stereocenters. The van der Waals surface area contributed by atoms with Crippen molar-refractivity contribution < 1.29 is 35.9 Å². The van der Waals surface area contributed by atoms with Gasteiger partial charge in [-0.25, -0.2) is 14.2 Å². The van der Waals surface area contributed by atoms with Crippen LogP contribution >= 0.6 is 0 Å². The number of carbonyl (C=O) groups excluding carboxylic acids is 1. The monoisotopic (exact) mass is 493 g/mol. The second-order valence-corrected chi connectivity index (χ2v) is 7.58. The molecule has 5 nitrogen and oxygen atoms in total. The van der Waals surface area contributed by atoms with Crippen LogP contribution in [0.5, 0.6) is 5.75 Å². The lowest BCUT2D eigenvalue weighted by molar-refractivity contribution is -0.137. The number of halogens is 6. The van der Waals surface area contributed by atoms with E-state index in [0.717, 1.165) is 29.3 Å². The van der Waals surface area contributed by atoms with E-state index >= 15 is 0 Å². The molecular weight excluding hydrogens is 476 g/mol. The number of rotatable bonds is 5. The molecule has 0 aromatic heterocycles. The van der Waals surface area contributed by atoms with Crippen LogP contribution in [0, 0.1) is 5.82 Å². The summed E-state index contributed by atoms with van der Waals surface area (Å²) < 4.78 is 81.0. The van der Waals surface area contributed by atoms with Crippen LogP contribution in [0.1, 0.15) is 22.6 Å². The molecule has 1 atom stereocenters. The number of nitrogens with zero attached hydrogens (tertiary/aromatic N) is 2. The van der Waals surface area contributed by atoms with Gasteiger partial charge in [-0.15, -0.1) is 0 Å². The minimum atomic E-state index is -4.50. The fourth-order valence-corrected chi connectivity index (χ4v) is 3.58.